The summed E-state index contributed by atoms with van der Waals surface area (Å²) in [5, 5.41) is 5.95. The lowest BCUT2D eigenvalue weighted by molar-refractivity contribution is -0.124. The summed E-state index contributed by atoms with van der Waals surface area (Å²) in [5.41, 5.74) is 3.29. The Morgan fingerprint density at radius 3 is 2.21 bits per heavy atom. The van der Waals surface area contributed by atoms with Crippen molar-refractivity contribution >= 4 is 17.7 Å². The fourth-order valence-electron chi connectivity index (χ4n) is 4.16. The minimum atomic E-state index is -0.631. The second-order valence-corrected chi connectivity index (χ2v) is 9.40. The molecule has 0 aliphatic carbocycles. The van der Waals surface area contributed by atoms with Crippen LogP contribution < -0.4 is 10.6 Å². The monoisotopic (exact) mass is 449 g/mol. The van der Waals surface area contributed by atoms with Crippen LogP contribution in [0.15, 0.2) is 48.5 Å². The Kier molecular flexibility index (Phi) is 8.26. The van der Waals surface area contributed by atoms with Gasteiger partial charge in [-0.05, 0) is 62.3 Å². The predicted octanol–water partition coefficient (Wildman–Crippen LogP) is 3.73. The Morgan fingerprint density at radius 2 is 1.61 bits per heavy atom. The van der Waals surface area contributed by atoms with Gasteiger partial charge in [0.2, 0.25) is 5.91 Å². The van der Waals surface area contributed by atoms with E-state index in [1.54, 1.807) is 12.1 Å². The number of hydrogen-bond acceptors (Lipinski definition) is 3. The zero-order chi connectivity index (χ0) is 24.0. The van der Waals surface area contributed by atoms with Gasteiger partial charge < -0.3 is 15.5 Å². The Hall–Kier alpha value is -3.15. The van der Waals surface area contributed by atoms with Gasteiger partial charge in [0.1, 0.15) is 6.04 Å². The van der Waals surface area contributed by atoms with E-state index in [1.165, 1.54) is 0 Å². The van der Waals surface area contributed by atoms with Crippen molar-refractivity contribution in [3.63, 3.8) is 0 Å². The zero-order valence-corrected chi connectivity index (χ0v) is 20.1. The SMILES string of the molecule is Cc1ccc(C(=O)N[C@H](C(=O)NCC(C)C)C2CCN(C(=O)c3ccccc3C)CC2)cc1. The molecule has 0 aromatic heterocycles. The number of hydrogen-bond donors (Lipinski definition) is 2. The topological polar surface area (TPSA) is 78.5 Å². The van der Waals surface area contributed by atoms with Gasteiger partial charge in [0.15, 0.2) is 0 Å². The van der Waals surface area contributed by atoms with E-state index in [9.17, 15) is 14.4 Å². The molecule has 0 radical (unpaired) electrons. The van der Waals surface area contributed by atoms with Crippen LogP contribution in [0, 0.1) is 25.7 Å². The van der Waals surface area contributed by atoms with E-state index in [2.05, 4.69) is 10.6 Å². The number of carbonyl (C=O) groups is 3. The molecule has 2 N–H and O–H groups in total. The minimum Gasteiger partial charge on any atom is -0.354 e. The maximum atomic E-state index is 13.0. The van der Waals surface area contributed by atoms with Crippen molar-refractivity contribution in [3.8, 4) is 0 Å². The van der Waals surface area contributed by atoms with Gasteiger partial charge in [-0.3, -0.25) is 14.4 Å². The molecule has 1 heterocycles. The Bertz CT molecular complexity index is 976. The summed E-state index contributed by atoms with van der Waals surface area (Å²) in [5.74, 6) is -0.106. The summed E-state index contributed by atoms with van der Waals surface area (Å²) in [6.45, 7) is 9.66. The summed E-state index contributed by atoms with van der Waals surface area (Å²) in [6.07, 6.45) is 1.32. The molecule has 1 saturated heterocycles. The number of amides is 3. The third kappa shape index (κ3) is 6.44. The van der Waals surface area contributed by atoms with Crippen LogP contribution in [-0.4, -0.2) is 48.3 Å². The molecule has 6 nitrogen and oxygen atoms in total. The van der Waals surface area contributed by atoms with Gasteiger partial charge in [0.25, 0.3) is 11.8 Å². The van der Waals surface area contributed by atoms with Crippen molar-refractivity contribution in [3.05, 3.63) is 70.8 Å². The lowest BCUT2D eigenvalue weighted by atomic mass is 9.88. The summed E-state index contributed by atoms with van der Waals surface area (Å²) in [4.78, 5) is 40.8. The summed E-state index contributed by atoms with van der Waals surface area (Å²) < 4.78 is 0. The Balaban J connectivity index is 1.69. The second-order valence-electron chi connectivity index (χ2n) is 9.40. The fraction of sp³-hybridized carbons (Fsp3) is 0.444. The van der Waals surface area contributed by atoms with Crippen LogP contribution in [0.4, 0.5) is 0 Å². The second kappa shape index (κ2) is 11.1. The normalized spacial score (nSPS) is 15.2. The third-order valence-corrected chi connectivity index (χ3v) is 6.24. The van der Waals surface area contributed by atoms with Gasteiger partial charge in [-0.15, -0.1) is 0 Å². The molecule has 0 saturated carbocycles. The summed E-state index contributed by atoms with van der Waals surface area (Å²) in [6, 6.07) is 14.3. The molecule has 1 aliphatic rings. The number of rotatable bonds is 7. The highest BCUT2D eigenvalue weighted by Gasteiger charge is 2.34. The third-order valence-electron chi connectivity index (χ3n) is 6.24. The molecule has 0 spiro atoms. The van der Waals surface area contributed by atoms with Crippen molar-refractivity contribution in [1.29, 1.82) is 0 Å². The van der Waals surface area contributed by atoms with Gasteiger partial charge in [0, 0.05) is 30.8 Å². The first-order chi connectivity index (χ1) is 15.8. The number of nitrogens with one attached hydrogen (secondary N) is 2. The smallest absolute Gasteiger partial charge is 0.254 e. The first kappa shape index (κ1) is 24.5. The molecule has 2 aromatic carbocycles. The van der Waals surface area contributed by atoms with Gasteiger partial charge in [0.05, 0.1) is 0 Å². The molecule has 3 amide bonds. The number of carbonyl (C=O) groups excluding carboxylic acids is 3. The molecular formula is C27H35N3O3. The van der Waals surface area contributed by atoms with E-state index in [-0.39, 0.29) is 23.6 Å². The number of benzene rings is 2. The maximum absolute atomic E-state index is 13.0. The molecule has 3 rings (SSSR count). The average Bonchev–Trinajstić information content (AvgIpc) is 2.81. The molecular weight excluding hydrogens is 414 g/mol. The van der Waals surface area contributed by atoms with Crippen LogP contribution in [0.1, 0.15) is 58.5 Å². The standard InChI is InChI=1S/C27H35N3O3/c1-18(2)17-28-26(32)24(29-25(31)22-11-9-19(3)10-12-22)21-13-15-30(16-14-21)27(33)23-8-6-5-7-20(23)4/h5-12,18,21,24H,13-17H2,1-4H3,(H,28,32)(H,29,31)/t24-/m0/s1. The number of likely N-dealkylation sites (tertiary alicyclic amines) is 1. The Morgan fingerprint density at radius 1 is 0.970 bits per heavy atom. The fourth-order valence-corrected chi connectivity index (χ4v) is 4.16. The molecule has 1 fully saturated rings. The lowest BCUT2D eigenvalue weighted by Gasteiger charge is -2.36. The zero-order valence-electron chi connectivity index (χ0n) is 20.1. The lowest BCUT2D eigenvalue weighted by Crippen LogP contribution is -2.54. The molecule has 33 heavy (non-hydrogen) atoms. The highest BCUT2D eigenvalue weighted by atomic mass is 16.2. The van der Waals surface area contributed by atoms with Crippen LogP contribution in [0.5, 0.6) is 0 Å². The van der Waals surface area contributed by atoms with Crippen LogP contribution in [0.3, 0.4) is 0 Å². The van der Waals surface area contributed by atoms with Gasteiger partial charge in [-0.25, -0.2) is 0 Å². The van der Waals surface area contributed by atoms with Crippen molar-refractivity contribution < 1.29 is 14.4 Å². The van der Waals surface area contributed by atoms with E-state index >= 15 is 0 Å². The molecule has 0 bridgehead atoms. The maximum Gasteiger partial charge on any atom is 0.254 e. The van der Waals surface area contributed by atoms with Crippen molar-refractivity contribution in [2.45, 2.75) is 46.6 Å². The average molecular weight is 450 g/mol. The highest BCUT2D eigenvalue weighted by Crippen LogP contribution is 2.24. The van der Waals surface area contributed by atoms with Gasteiger partial charge >= 0.3 is 0 Å². The first-order valence-corrected chi connectivity index (χ1v) is 11.8. The predicted molar refractivity (Wildman–Crippen MR) is 130 cm³/mol. The largest absolute Gasteiger partial charge is 0.354 e. The van der Waals surface area contributed by atoms with Crippen LogP contribution in [0.25, 0.3) is 0 Å². The molecule has 2 aromatic rings. The quantitative estimate of drug-likeness (QED) is 0.676. The molecule has 6 heteroatoms. The number of nitrogens with zero attached hydrogens (tertiary/aromatic N) is 1. The number of aryl methyl sites for hydroxylation is 2. The van der Waals surface area contributed by atoms with E-state index in [4.69, 9.17) is 0 Å². The minimum absolute atomic E-state index is 0.0241. The highest BCUT2D eigenvalue weighted by molar-refractivity contribution is 5.98. The molecule has 1 atom stereocenters. The van der Waals surface area contributed by atoms with Gasteiger partial charge in [-0.1, -0.05) is 49.7 Å². The van der Waals surface area contributed by atoms with Crippen LogP contribution in [-0.2, 0) is 4.79 Å². The van der Waals surface area contributed by atoms with Crippen molar-refractivity contribution in [1.82, 2.24) is 15.5 Å². The van der Waals surface area contributed by atoms with Gasteiger partial charge in [-0.2, -0.15) is 0 Å². The Labute approximate surface area is 196 Å². The van der Waals surface area contributed by atoms with E-state index in [0.29, 0.717) is 44.0 Å². The molecule has 0 unspecified atom stereocenters. The van der Waals surface area contributed by atoms with E-state index in [0.717, 1.165) is 16.7 Å². The van der Waals surface area contributed by atoms with Crippen molar-refractivity contribution in [2.24, 2.45) is 11.8 Å². The number of piperidine rings is 1. The molecule has 1 aliphatic heterocycles. The summed E-state index contributed by atoms with van der Waals surface area (Å²) in [7, 11) is 0. The molecule has 176 valence electrons. The van der Waals surface area contributed by atoms with E-state index in [1.807, 2.05) is 69.0 Å². The van der Waals surface area contributed by atoms with E-state index < -0.39 is 6.04 Å². The summed E-state index contributed by atoms with van der Waals surface area (Å²) >= 11 is 0. The van der Waals surface area contributed by atoms with Crippen LogP contribution in [0.2, 0.25) is 0 Å². The first-order valence-electron chi connectivity index (χ1n) is 11.8. The van der Waals surface area contributed by atoms with Crippen LogP contribution >= 0.6 is 0 Å². The van der Waals surface area contributed by atoms with Crippen molar-refractivity contribution in [2.75, 3.05) is 19.6 Å².